The van der Waals surface area contributed by atoms with Crippen molar-refractivity contribution in [1.29, 1.82) is 0 Å². The van der Waals surface area contributed by atoms with E-state index in [4.69, 9.17) is 4.74 Å². The fourth-order valence-electron chi connectivity index (χ4n) is 1.16. The molecule has 2 unspecified atom stereocenters. The summed E-state index contributed by atoms with van der Waals surface area (Å²) in [6.45, 7) is 1.32. The van der Waals surface area contributed by atoms with Crippen LogP contribution in [0, 0.1) is 0 Å². The summed E-state index contributed by atoms with van der Waals surface area (Å²) < 4.78 is 41.8. The van der Waals surface area contributed by atoms with E-state index in [1.165, 1.54) is 6.92 Å². The summed E-state index contributed by atoms with van der Waals surface area (Å²) in [5.74, 6) is 0. The molecule has 0 spiro atoms. The van der Waals surface area contributed by atoms with Crippen LogP contribution in [0.5, 0.6) is 0 Å². The fraction of sp³-hybridized carbons (Fsp3) is 0.571. The van der Waals surface area contributed by atoms with Crippen molar-refractivity contribution in [2.75, 3.05) is 0 Å². The van der Waals surface area contributed by atoms with Gasteiger partial charge in [-0.25, -0.2) is 0 Å². The summed E-state index contributed by atoms with van der Waals surface area (Å²) in [4.78, 5) is 0. The van der Waals surface area contributed by atoms with Gasteiger partial charge in [-0.3, -0.25) is 5.43 Å². The van der Waals surface area contributed by atoms with Crippen LogP contribution in [0.1, 0.15) is 6.92 Å². The molecule has 0 radical (unpaired) electrons. The molecule has 13 heavy (non-hydrogen) atoms. The predicted octanol–water partition coefficient (Wildman–Crippen LogP) is 1.18. The number of nitrogens with zero attached hydrogens (tertiary/aromatic N) is 1. The van der Waals surface area contributed by atoms with Crippen LogP contribution in [0.3, 0.4) is 0 Å². The lowest BCUT2D eigenvalue weighted by molar-refractivity contribution is -0.0864. The Kier molecular flexibility index (Phi) is 1.63. The van der Waals surface area contributed by atoms with Gasteiger partial charge in [0.25, 0.3) is 0 Å². The molecule has 0 bridgehead atoms. The highest BCUT2D eigenvalue weighted by Gasteiger charge is 2.44. The van der Waals surface area contributed by atoms with Crippen LogP contribution < -0.4 is 5.43 Å². The van der Waals surface area contributed by atoms with E-state index in [1.54, 1.807) is 0 Å². The first-order valence-corrected chi connectivity index (χ1v) is 3.73. The molecule has 2 aliphatic rings. The van der Waals surface area contributed by atoms with Gasteiger partial charge in [0.1, 0.15) is 6.10 Å². The van der Waals surface area contributed by atoms with Gasteiger partial charge in [0, 0.05) is 0 Å². The lowest BCUT2D eigenvalue weighted by Gasteiger charge is -2.09. The zero-order valence-corrected chi connectivity index (χ0v) is 6.72. The predicted molar refractivity (Wildman–Crippen MR) is 39.0 cm³/mol. The molecule has 0 aromatic carbocycles. The number of hydrazone groups is 1. The third kappa shape index (κ3) is 1.53. The van der Waals surface area contributed by atoms with Gasteiger partial charge in [-0.05, 0) is 13.0 Å². The topological polar surface area (TPSA) is 36.9 Å². The molecule has 0 aromatic heterocycles. The average molecular weight is 192 g/mol. The Labute approximate surface area is 72.3 Å². The van der Waals surface area contributed by atoms with Gasteiger partial charge in [0.05, 0.1) is 11.3 Å². The summed E-state index contributed by atoms with van der Waals surface area (Å²) in [5.41, 5.74) is 1.71. The molecule has 0 saturated carbocycles. The van der Waals surface area contributed by atoms with E-state index in [2.05, 4.69) is 10.5 Å². The van der Waals surface area contributed by atoms with Crippen molar-refractivity contribution in [2.24, 2.45) is 5.10 Å². The highest BCUT2D eigenvalue weighted by Crippen LogP contribution is 2.32. The van der Waals surface area contributed by atoms with Crippen molar-refractivity contribution in [3.8, 4) is 0 Å². The van der Waals surface area contributed by atoms with Gasteiger partial charge >= 0.3 is 6.18 Å². The van der Waals surface area contributed by atoms with Gasteiger partial charge in [-0.2, -0.15) is 18.3 Å². The van der Waals surface area contributed by atoms with Gasteiger partial charge in [-0.15, -0.1) is 0 Å². The first-order chi connectivity index (χ1) is 5.98. The monoisotopic (exact) mass is 192 g/mol. The second-order valence-electron chi connectivity index (χ2n) is 2.93. The molecular weight excluding hydrogens is 185 g/mol. The van der Waals surface area contributed by atoms with Gasteiger partial charge < -0.3 is 4.74 Å². The molecule has 1 N–H and O–H groups in total. The number of allylic oxidation sites excluding steroid dienone is 1. The van der Waals surface area contributed by atoms with Crippen molar-refractivity contribution in [3.63, 3.8) is 0 Å². The Hall–Kier alpha value is -1.04. The van der Waals surface area contributed by atoms with E-state index in [0.29, 0.717) is 0 Å². The molecule has 1 saturated heterocycles. The zero-order valence-electron chi connectivity index (χ0n) is 6.72. The number of hydrogen-bond donors (Lipinski definition) is 1. The SMILES string of the molecule is CC1=NNC2OC2C=C1C(F)(F)F. The minimum atomic E-state index is -4.35. The standard InChI is InChI=1S/C7H7F3N2O/c1-3-4(7(8,9)10)2-5-6(13-5)12-11-3/h2,5-6,12H,1H3. The first-order valence-electron chi connectivity index (χ1n) is 3.73. The van der Waals surface area contributed by atoms with E-state index < -0.39 is 17.9 Å². The maximum absolute atomic E-state index is 12.3. The molecule has 2 aliphatic heterocycles. The number of ether oxygens (including phenoxy) is 1. The first kappa shape index (κ1) is 8.55. The number of fused-ring (bicyclic) bond motifs is 1. The number of nitrogens with one attached hydrogen (secondary N) is 1. The van der Waals surface area contributed by atoms with E-state index in [9.17, 15) is 13.2 Å². The zero-order chi connectivity index (χ0) is 9.64. The van der Waals surface area contributed by atoms with Crippen molar-refractivity contribution < 1.29 is 17.9 Å². The Bertz CT molecular complexity index is 295. The largest absolute Gasteiger partial charge is 0.418 e. The van der Waals surface area contributed by atoms with Gasteiger partial charge in [0.2, 0.25) is 0 Å². The second kappa shape index (κ2) is 2.47. The normalized spacial score (nSPS) is 32.3. The maximum atomic E-state index is 12.3. The van der Waals surface area contributed by atoms with Crippen molar-refractivity contribution in [2.45, 2.75) is 25.4 Å². The van der Waals surface area contributed by atoms with Gasteiger partial charge in [-0.1, -0.05) is 0 Å². The molecule has 0 amide bonds. The molecule has 0 aromatic rings. The average Bonchev–Trinajstić information content (AvgIpc) is 2.70. The highest BCUT2D eigenvalue weighted by molar-refractivity contribution is 5.99. The maximum Gasteiger partial charge on any atom is 0.418 e. The lowest BCUT2D eigenvalue weighted by atomic mass is 10.1. The van der Waals surface area contributed by atoms with E-state index >= 15 is 0 Å². The molecule has 6 heteroatoms. The van der Waals surface area contributed by atoms with Crippen molar-refractivity contribution >= 4 is 5.71 Å². The Balaban J connectivity index is 2.31. The molecule has 1 fully saturated rings. The summed E-state index contributed by atoms with van der Waals surface area (Å²) in [5, 5.41) is 3.55. The number of halogens is 3. The fourth-order valence-corrected chi connectivity index (χ4v) is 1.16. The minimum absolute atomic E-state index is 0.0525. The quantitative estimate of drug-likeness (QED) is 0.585. The highest BCUT2D eigenvalue weighted by atomic mass is 19.4. The smallest absolute Gasteiger partial charge is 0.342 e. The third-order valence-corrected chi connectivity index (χ3v) is 1.91. The number of rotatable bonds is 0. The van der Waals surface area contributed by atoms with Crippen LogP contribution in [-0.4, -0.2) is 24.2 Å². The molecule has 2 rings (SSSR count). The van der Waals surface area contributed by atoms with E-state index in [-0.39, 0.29) is 11.9 Å². The van der Waals surface area contributed by atoms with E-state index in [1.807, 2.05) is 0 Å². The molecular formula is C7H7F3N2O. The van der Waals surface area contributed by atoms with Crippen LogP contribution in [0.25, 0.3) is 0 Å². The molecule has 0 aliphatic carbocycles. The van der Waals surface area contributed by atoms with Crippen molar-refractivity contribution in [1.82, 2.24) is 5.43 Å². The number of alkyl halides is 3. The number of hydrogen-bond acceptors (Lipinski definition) is 3. The summed E-state index contributed by atoms with van der Waals surface area (Å²) >= 11 is 0. The molecule has 2 heterocycles. The van der Waals surface area contributed by atoms with E-state index in [0.717, 1.165) is 6.08 Å². The van der Waals surface area contributed by atoms with Crippen LogP contribution in [0.4, 0.5) is 13.2 Å². The summed E-state index contributed by atoms with van der Waals surface area (Å²) in [6.07, 6.45) is -4.16. The molecule has 3 nitrogen and oxygen atoms in total. The van der Waals surface area contributed by atoms with Crippen LogP contribution in [0.2, 0.25) is 0 Å². The Morgan fingerprint density at radius 1 is 1.54 bits per heavy atom. The summed E-state index contributed by atoms with van der Waals surface area (Å²) in [7, 11) is 0. The molecule has 72 valence electrons. The van der Waals surface area contributed by atoms with Crippen molar-refractivity contribution in [3.05, 3.63) is 11.6 Å². The molecule has 2 atom stereocenters. The van der Waals surface area contributed by atoms with Crippen LogP contribution in [0.15, 0.2) is 16.8 Å². The Morgan fingerprint density at radius 2 is 2.23 bits per heavy atom. The van der Waals surface area contributed by atoms with Crippen LogP contribution >= 0.6 is 0 Å². The minimum Gasteiger partial charge on any atom is -0.342 e. The second-order valence-corrected chi connectivity index (χ2v) is 2.93. The Morgan fingerprint density at radius 3 is 2.85 bits per heavy atom. The van der Waals surface area contributed by atoms with Crippen LogP contribution in [-0.2, 0) is 4.74 Å². The number of epoxide rings is 1. The third-order valence-electron chi connectivity index (χ3n) is 1.91. The summed E-state index contributed by atoms with van der Waals surface area (Å²) in [6, 6.07) is 0. The lowest BCUT2D eigenvalue weighted by Crippen LogP contribution is -2.19. The van der Waals surface area contributed by atoms with Gasteiger partial charge in [0.15, 0.2) is 6.23 Å².